The normalized spacial score (nSPS) is 10.5. The zero-order valence-corrected chi connectivity index (χ0v) is 12.7. The van der Waals surface area contributed by atoms with Gasteiger partial charge in [-0.15, -0.1) is 0 Å². The number of carbonyl (C=O) groups is 2. The largest absolute Gasteiger partial charge is 0.396 e. The van der Waals surface area contributed by atoms with Crippen LogP contribution in [0.4, 0.5) is 11.4 Å². The van der Waals surface area contributed by atoms with E-state index in [9.17, 15) is 9.59 Å². The van der Waals surface area contributed by atoms with E-state index in [2.05, 4.69) is 10.6 Å². The van der Waals surface area contributed by atoms with Crippen molar-refractivity contribution >= 4 is 23.2 Å². The Kier molecular flexibility index (Phi) is 7.46. The van der Waals surface area contributed by atoms with Crippen LogP contribution in [0, 0.1) is 5.92 Å². The molecule has 0 atom stereocenters. The molecular weight excluding hydrogens is 268 g/mol. The molecule has 1 aromatic rings. The molecule has 21 heavy (non-hydrogen) atoms. The smallest absolute Gasteiger partial charge is 0.224 e. The summed E-state index contributed by atoms with van der Waals surface area (Å²) in [4.78, 5) is 23.2. The second-order valence-electron chi connectivity index (χ2n) is 5.45. The van der Waals surface area contributed by atoms with Gasteiger partial charge in [0.05, 0.1) is 0 Å². The lowest BCUT2D eigenvalue weighted by Crippen LogP contribution is -2.14. The molecule has 0 aliphatic heterocycles. The van der Waals surface area contributed by atoms with Crippen LogP contribution in [-0.4, -0.2) is 23.5 Å². The van der Waals surface area contributed by atoms with Crippen molar-refractivity contribution in [3.63, 3.8) is 0 Å². The van der Waals surface area contributed by atoms with Gasteiger partial charge in [-0.1, -0.05) is 13.8 Å². The first-order valence-electron chi connectivity index (χ1n) is 7.32. The van der Waals surface area contributed by atoms with Gasteiger partial charge in [-0.2, -0.15) is 0 Å². The average Bonchev–Trinajstić information content (AvgIpc) is 2.40. The molecule has 116 valence electrons. The predicted octanol–water partition coefficient (Wildman–Crippen LogP) is 2.77. The van der Waals surface area contributed by atoms with Crippen molar-refractivity contribution in [3.8, 4) is 0 Å². The molecule has 0 bridgehead atoms. The minimum atomic E-state index is -0.0694. The molecule has 0 aliphatic rings. The quantitative estimate of drug-likeness (QED) is 0.645. The van der Waals surface area contributed by atoms with Crippen molar-refractivity contribution in [3.05, 3.63) is 24.3 Å². The van der Waals surface area contributed by atoms with Gasteiger partial charge in [-0.05, 0) is 43.0 Å². The Hall–Kier alpha value is -1.88. The van der Waals surface area contributed by atoms with Crippen molar-refractivity contribution < 1.29 is 14.7 Å². The number of hydrogen-bond donors (Lipinski definition) is 3. The van der Waals surface area contributed by atoms with Crippen LogP contribution in [0.25, 0.3) is 0 Å². The molecule has 0 unspecified atom stereocenters. The zero-order chi connectivity index (χ0) is 15.7. The third-order valence-electron chi connectivity index (χ3n) is 2.86. The lowest BCUT2D eigenvalue weighted by molar-refractivity contribution is -0.117. The number of unbranched alkanes of at least 4 members (excludes halogenated alkanes) is 1. The van der Waals surface area contributed by atoms with Gasteiger partial charge in [-0.25, -0.2) is 0 Å². The standard InChI is InChI=1S/C16H24N2O3/c1-12(2)11-16(21)18-14-8-6-13(7-9-14)17-15(20)5-3-4-10-19/h6-9,12,19H,3-5,10-11H2,1-2H3,(H,17,20)(H,18,21). The molecule has 0 fully saturated rings. The minimum Gasteiger partial charge on any atom is -0.396 e. The Labute approximate surface area is 125 Å². The van der Waals surface area contributed by atoms with Crippen LogP contribution in [0.3, 0.4) is 0 Å². The lowest BCUT2D eigenvalue weighted by atomic mass is 10.1. The van der Waals surface area contributed by atoms with Gasteiger partial charge >= 0.3 is 0 Å². The molecule has 0 aliphatic carbocycles. The SMILES string of the molecule is CC(C)CC(=O)Nc1ccc(NC(=O)CCCCO)cc1. The minimum absolute atomic E-state index is 0.00853. The molecular formula is C16H24N2O3. The second kappa shape index (κ2) is 9.13. The molecule has 0 spiro atoms. The lowest BCUT2D eigenvalue weighted by Gasteiger charge is -2.09. The Bertz CT molecular complexity index is 455. The molecule has 0 aromatic heterocycles. The van der Waals surface area contributed by atoms with Crippen LogP contribution in [0.5, 0.6) is 0 Å². The maximum absolute atomic E-state index is 11.6. The van der Waals surface area contributed by atoms with Gasteiger partial charge < -0.3 is 15.7 Å². The number of carbonyl (C=O) groups excluding carboxylic acids is 2. The third-order valence-corrected chi connectivity index (χ3v) is 2.86. The Morgan fingerprint density at radius 3 is 2.00 bits per heavy atom. The van der Waals surface area contributed by atoms with Crippen molar-refractivity contribution in [2.45, 2.75) is 39.5 Å². The van der Waals surface area contributed by atoms with E-state index in [1.165, 1.54) is 0 Å². The van der Waals surface area contributed by atoms with E-state index in [1.807, 2.05) is 13.8 Å². The summed E-state index contributed by atoms with van der Waals surface area (Å²) in [5.41, 5.74) is 1.42. The average molecular weight is 292 g/mol. The van der Waals surface area contributed by atoms with Crippen LogP contribution < -0.4 is 10.6 Å². The number of rotatable bonds is 8. The first-order chi connectivity index (χ1) is 10.0. The fraction of sp³-hybridized carbons (Fsp3) is 0.500. The van der Waals surface area contributed by atoms with Crippen molar-refractivity contribution in [1.29, 1.82) is 0 Å². The highest BCUT2D eigenvalue weighted by atomic mass is 16.3. The molecule has 1 aromatic carbocycles. The summed E-state index contributed by atoms with van der Waals surface area (Å²) in [6.07, 6.45) is 2.19. The molecule has 0 radical (unpaired) electrons. The highest BCUT2D eigenvalue weighted by Gasteiger charge is 2.06. The summed E-state index contributed by atoms with van der Waals surface area (Å²) in [7, 11) is 0. The summed E-state index contributed by atoms with van der Waals surface area (Å²) in [6, 6.07) is 7.05. The summed E-state index contributed by atoms with van der Waals surface area (Å²) < 4.78 is 0. The summed E-state index contributed by atoms with van der Waals surface area (Å²) in [5.74, 6) is 0.244. The van der Waals surface area contributed by atoms with Crippen LogP contribution in [0.2, 0.25) is 0 Å². The summed E-state index contributed by atoms with van der Waals surface area (Å²) >= 11 is 0. The Balaban J connectivity index is 2.43. The highest BCUT2D eigenvalue weighted by Crippen LogP contribution is 2.15. The first kappa shape index (κ1) is 17.2. The Morgan fingerprint density at radius 2 is 1.52 bits per heavy atom. The van der Waals surface area contributed by atoms with Gasteiger partial charge in [0, 0.05) is 30.8 Å². The van der Waals surface area contributed by atoms with Gasteiger partial charge in [-0.3, -0.25) is 9.59 Å². The molecule has 0 saturated heterocycles. The van der Waals surface area contributed by atoms with Crippen LogP contribution in [0.1, 0.15) is 39.5 Å². The third kappa shape index (κ3) is 7.46. The van der Waals surface area contributed by atoms with Gasteiger partial charge in [0.15, 0.2) is 0 Å². The number of benzene rings is 1. The predicted molar refractivity (Wildman–Crippen MR) is 84.1 cm³/mol. The number of anilines is 2. The topological polar surface area (TPSA) is 78.4 Å². The van der Waals surface area contributed by atoms with E-state index in [0.717, 1.165) is 5.69 Å². The fourth-order valence-corrected chi connectivity index (χ4v) is 1.84. The van der Waals surface area contributed by atoms with Crippen LogP contribution in [0.15, 0.2) is 24.3 Å². The van der Waals surface area contributed by atoms with Crippen molar-refractivity contribution in [2.75, 3.05) is 17.2 Å². The number of aliphatic hydroxyl groups excluding tert-OH is 1. The summed E-state index contributed by atoms with van der Waals surface area (Å²) in [6.45, 7) is 4.10. The van der Waals surface area contributed by atoms with Crippen LogP contribution >= 0.6 is 0 Å². The van der Waals surface area contributed by atoms with E-state index in [4.69, 9.17) is 5.11 Å². The second-order valence-corrected chi connectivity index (χ2v) is 5.45. The number of hydrogen-bond acceptors (Lipinski definition) is 3. The fourth-order valence-electron chi connectivity index (χ4n) is 1.84. The molecule has 0 saturated carbocycles. The number of amides is 2. The van der Waals surface area contributed by atoms with Crippen LogP contribution in [-0.2, 0) is 9.59 Å². The zero-order valence-electron chi connectivity index (χ0n) is 12.7. The van der Waals surface area contributed by atoms with Crippen molar-refractivity contribution in [1.82, 2.24) is 0 Å². The molecule has 2 amide bonds. The molecule has 5 heteroatoms. The van der Waals surface area contributed by atoms with E-state index >= 15 is 0 Å². The molecule has 1 rings (SSSR count). The van der Waals surface area contributed by atoms with E-state index in [1.54, 1.807) is 24.3 Å². The summed E-state index contributed by atoms with van der Waals surface area (Å²) in [5, 5.41) is 14.3. The molecule has 3 N–H and O–H groups in total. The maximum atomic E-state index is 11.6. The number of nitrogens with one attached hydrogen (secondary N) is 2. The van der Waals surface area contributed by atoms with E-state index in [-0.39, 0.29) is 18.4 Å². The maximum Gasteiger partial charge on any atom is 0.224 e. The first-order valence-corrected chi connectivity index (χ1v) is 7.32. The number of aliphatic hydroxyl groups is 1. The van der Waals surface area contributed by atoms with Gasteiger partial charge in [0.2, 0.25) is 11.8 Å². The van der Waals surface area contributed by atoms with Crippen molar-refractivity contribution in [2.24, 2.45) is 5.92 Å². The Morgan fingerprint density at radius 1 is 1.00 bits per heavy atom. The monoisotopic (exact) mass is 292 g/mol. The van der Waals surface area contributed by atoms with E-state index in [0.29, 0.717) is 37.3 Å². The van der Waals surface area contributed by atoms with Gasteiger partial charge in [0.25, 0.3) is 0 Å². The van der Waals surface area contributed by atoms with Gasteiger partial charge in [0.1, 0.15) is 0 Å². The molecule has 5 nitrogen and oxygen atoms in total. The molecule has 0 heterocycles. The highest BCUT2D eigenvalue weighted by molar-refractivity contribution is 5.92. The van der Waals surface area contributed by atoms with E-state index < -0.39 is 0 Å².